The van der Waals surface area contributed by atoms with Gasteiger partial charge in [0.25, 0.3) is 0 Å². The summed E-state index contributed by atoms with van der Waals surface area (Å²) in [5.41, 5.74) is 0.428. The van der Waals surface area contributed by atoms with E-state index in [4.69, 9.17) is 0 Å². The van der Waals surface area contributed by atoms with E-state index in [0.29, 0.717) is 12.1 Å². The Morgan fingerprint density at radius 1 is 1.43 bits per heavy atom. The Balaban J connectivity index is 1.86. The van der Waals surface area contributed by atoms with E-state index in [1.165, 1.54) is 18.2 Å². The Hall–Kier alpha value is -1.76. The lowest BCUT2D eigenvalue weighted by Gasteiger charge is -2.12. The number of benzene rings is 1. The Labute approximate surface area is 120 Å². The predicted octanol–water partition coefficient (Wildman–Crippen LogP) is 2.71. The molecule has 21 heavy (non-hydrogen) atoms. The summed E-state index contributed by atoms with van der Waals surface area (Å²) in [4.78, 5) is 11.8. The third kappa shape index (κ3) is 5.63. The molecule has 4 nitrogen and oxygen atoms in total. The fraction of sp³-hybridized carbons (Fsp3) is 0.500. The molecule has 116 valence electrons. The predicted molar refractivity (Wildman–Crippen MR) is 72.3 cm³/mol. The quantitative estimate of drug-likeness (QED) is 0.879. The zero-order chi connectivity index (χ0) is 15.3. The van der Waals surface area contributed by atoms with Gasteiger partial charge in [-0.25, -0.2) is 0 Å². The van der Waals surface area contributed by atoms with Crippen LogP contribution in [0.1, 0.15) is 19.3 Å². The number of hydrogen-bond donors (Lipinski definition) is 2. The normalized spacial score (nSPS) is 18.5. The first-order valence-electron chi connectivity index (χ1n) is 6.75. The van der Waals surface area contributed by atoms with Crippen LogP contribution in [0.3, 0.4) is 0 Å². The molecule has 0 radical (unpaired) electrons. The van der Waals surface area contributed by atoms with E-state index in [2.05, 4.69) is 15.4 Å². The molecule has 1 amide bonds. The van der Waals surface area contributed by atoms with E-state index in [1.807, 2.05) is 0 Å². The molecule has 0 aromatic heterocycles. The van der Waals surface area contributed by atoms with Crippen LogP contribution in [0.4, 0.5) is 18.9 Å². The fourth-order valence-electron chi connectivity index (χ4n) is 2.20. The smallest absolute Gasteiger partial charge is 0.422 e. The second-order valence-corrected chi connectivity index (χ2v) is 4.98. The van der Waals surface area contributed by atoms with Gasteiger partial charge in [0.05, 0.1) is 0 Å². The summed E-state index contributed by atoms with van der Waals surface area (Å²) >= 11 is 0. The summed E-state index contributed by atoms with van der Waals surface area (Å²) in [6.45, 7) is -0.435. The molecule has 1 heterocycles. The average molecular weight is 302 g/mol. The molecular weight excluding hydrogens is 285 g/mol. The van der Waals surface area contributed by atoms with Crippen molar-refractivity contribution in [2.24, 2.45) is 0 Å². The number of nitrogens with one attached hydrogen (secondary N) is 2. The van der Waals surface area contributed by atoms with E-state index in [-0.39, 0.29) is 17.7 Å². The van der Waals surface area contributed by atoms with Crippen molar-refractivity contribution in [3.63, 3.8) is 0 Å². The first-order chi connectivity index (χ1) is 9.92. The number of carbonyl (C=O) groups excluding carboxylic acids is 1. The molecular formula is C14H17F3N2O2. The monoisotopic (exact) mass is 302 g/mol. The fourth-order valence-corrected chi connectivity index (χ4v) is 2.20. The summed E-state index contributed by atoms with van der Waals surface area (Å²) in [7, 11) is 0. The maximum absolute atomic E-state index is 12.1. The summed E-state index contributed by atoms with van der Waals surface area (Å²) in [5, 5.41) is 5.88. The zero-order valence-corrected chi connectivity index (χ0v) is 11.4. The van der Waals surface area contributed by atoms with E-state index in [9.17, 15) is 18.0 Å². The van der Waals surface area contributed by atoms with E-state index in [0.717, 1.165) is 19.4 Å². The minimum Gasteiger partial charge on any atom is -0.484 e. The maximum atomic E-state index is 12.1. The number of amides is 1. The van der Waals surface area contributed by atoms with Crippen LogP contribution >= 0.6 is 0 Å². The van der Waals surface area contributed by atoms with Gasteiger partial charge in [0.2, 0.25) is 5.91 Å². The lowest BCUT2D eigenvalue weighted by atomic mass is 10.1. The summed E-state index contributed by atoms with van der Waals surface area (Å²) in [6.07, 6.45) is -2.01. The van der Waals surface area contributed by atoms with Crippen LogP contribution < -0.4 is 15.4 Å². The van der Waals surface area contributed by atoms with Gasteiger partial charge < -0.3 is 15.4 Å². The Morgan fingerprint density at radius 3 is 2.90 bits per heavy atom. The third-order valence-electron chi connectivity index (χ3n) is 3.11. The van der Waals surface area contributed by atoms with Gasteiger partial charge in [0.15, 0.2) is 6.61 Å². The summed E-state index contributed by atoms with van der Waals surface area (Å²) in [6, 6.07) is 6.12. The van der Waals surface area contributed by atoms with Crippen molar-refractivity contribution in [1.82, 2.24) is 5.32 Å². The maximum Gasteiger partial charge on any atom is 0.422 e. The van der Waals surface area contributed by atoms with Crippen LogP contribution in [-0.4, -0.2) is 31.3 Å². The van der Waals surface area contributed by atoms with Crippen LogP contribution in [0.5, 0.6) is 5.75 Å². The largest absolute Gasteiger partial charge is 0.484 e. The van der Waals surface area contributed by atoms with E-state index >= 15 is 0 Å². The number of rotatable bonds is 5. The van der Waals surface area contributed by atoms with Crippen LogP contribution in [0, 0.1) is 0 Å². The van der Waals surface area contributed by atoms with Crippen molar-refractivity contribution < 1.29 is 22.7 Å². The number of alkyl halides is 3. The van der Waals surface area contributed by atoms with Gasteiger partial charge in [-0.1, -0.05) is 6.07 Å². The molecule has 2 rings (SSSR count). The molecule has 7 heteroatoms. The molecule has 1 saturated heterocycles. The van der Waals surface area contributed by atoms with Crippen LogP contribution in [-0.2, 0) is 4.79 Å². The Bertz CT molecular complexity index is 485. The molecule has 1 aliphatic heterocycles. The van der Waals surface area contributed by atoms with Gasteiger partial charge in [-0.3, -0.25) is 4.79 Å². The number of halogens is 3. The Morgan fingerprint density at radius 2 is 2.24 bits per heavy atom. The highest BCUT2D eigenvalue weighted by Crippen LogP contribution is 2.21. The first-order valence-corrected chi connectivity index (χ1v) is 6.75. The molecule has 1 unspecified atom stereocenters. The molecule has 1 aromatic rings. The molecule has 0 aliphatic carbocycles. The highest BCUT2D eigenvalue weighted by molar-refractivity contribution is 5.91. The van der Waals surface area contributed by atoms with Crippen LogP contribution in [0.25, 0.3) is 0 Å². The number of carbonyl (C=O) groups is 1. The zero-order valence-electron chi connectivity index (χ0n) is 11.4. The minimum atomic E-state index is -4.38. The molecule has 1 aliphatic rings. The first kappa shape index (κ1) is 15.6. The van der Waals surface area contributed by atoms with Crippen LogP contribution in [0.2, 0.25) is 0 Å². The van der Waals surface area contributed by atoms with Gasteiger partial charge in [-0.2, -0.15) is 13.2 Å². The highest BCUT2D eigenvalue weighted by atomic mass is 19.4. The van der Waals surface area contributed by atoms with Crippen molar-refractivity contribution in [3.8, 4) is 5.75 Å². The van der Waals surface area contributed by atoms with Crippen molar-refractivity contribution >= 4 is 11.6 Å². The second-order valence-electron chi connectivity index (χ2n) is 4.98. The van der Waals surface area contributed by atoms with Crippen molar-refractivity contribution in [3.05, 3.63) is 24.3 Å². The van der Waals surface area contributed by atoms with E-state index in [1.54, 1.807) is 6.07 Å². The lowest BCUT2D eigenvalue weighted by Crippen LogP contribution is -2.27. The number of anilines is 1. The number of ether oxygens (including phenoxy) is 1. The molecule has 1 aromatic carbocycles. The molecule has 0 saturated carbocycles. The minimum absolute atomic E-state index is 0.0733. The van der Waals surface area contributed by atoms with Gasteiger partial charge in [0.1, 0.15) is 5.75 Å². The topological polar surface area (TPSA) is 50.4 Å². The number of hydrogen-bond acceptors (Lipinski definition) is 3. The summed E-state index contributed by atoms with van der Waals surface area (Å²) < 4.78 is 40.9. The van der Waals surface area contributed by atoms with E-state index < -0.39 is 12.8 Å². The van der Waals surface area contributed by atoms with Gasteiger partial charge in [-0.05, 0) is 31.5 Å². The summed E-state index contributed by atoms with van der Waals surface area (Å²) in [5.74, 6) is -0.0912. The van der Waals surface area contributed by atoms with Crippen molar-refractivity contribution in [1.29, 1.82) is 0 Å². The SMILES string of the molecule is O=C(CC1CCCN1)Nc1cccc(OCC(F)(F)F)c1. The van der Waals surface area contributed by atoms with Gasteiger partial charge in [0, 0.05) is 24.2 Å². The molecule has 2 N–H and O–H groups in total. The molecule has 0 bridgehead atoms. The van der Waals surface area contributed by atoms with Crippen LogP contribution in [0.15, 0.2) is 24.3 Å². The third-order valence-corrected chi connectivity index (χ3v) is 3.11. The van der Waals surface area contributed by atoms with Crippen molar-refractivity contribution in [2.45, 2.75) is 31.5 Å². The molecule has 1 atom stereocenters. The average Bonchev–Trinajstić information content (AvgIpc) is 2.88. The van der Waals surface area contributed by atoms with Crippen molar-refractivity contribution in [2.75, 3.05) is 18.5 Å². The molecule has 0 spiro atoms. The second kappa shape index (κ2) is 6.80. The Kier molecular flexibility index (Phi) is 5.06. The van der Waals surface area contributed by atoms with Gasteiger partial charge in [-0.15, -0.1) is 0 Å². The van der Waals surface area contributed by atoms with Gasteiger partial charge >= 0.3 is 6.18 Å². The lowest BCUT2D eigenvalue weighted by molar-refractivity contribution is -0.153. The standard InChI is InChI=1S/C14H17F3N2O2/c15-14(16,17)9-21-12-5-1-3-11(7-12)19-13(20)8-10-4-2-6-18-10/h1,3,5,7,10,18H,2,4,6,8-9H2,(H,19,20). The highest BCUT2D eigenvalue weighted by Gasteiger charge is 2.28. The molecule has 1 fully saturated rings.